The molecule has 0 fully saturated rings. The van der Waals surface area contributed by atoms with E-state index < -0.39 is 6.04 Å². The van der Waals surface area contributed by atoms with Crippen molar-refractivity contribution in [1.29, 1.82) is 0 Å². The van der Waals surface area contributed by atoms with Crippen LogP contribution in [0.2, 0.25) is 10.0 Å². The van der Waals surface area contributed by atoms with Crippen molar-refractivity contribution in [3.05, 3.63) is 99.5 Å². The summed E-state index contributed by atoms with van der Waals surface area (Å²) in [4.78, 5) is 28.5. The number of benzene rings is 3. The lowest BCUT2D eigenvalue weighted by Crippen LogP contribution is -2.51. The second kappa shape index (κ2) is 13.9. The first-order valence-electron chi connectivity index (χ1n) is 12.2. The minimum absolute atomic E-state index is 0.0759. The van der Waals surface area contributed by atoms with E-state index in [0.29, 0.717) is 34.3 Å². The highest BCUT2D eigenvalue weighted by Crippen LogP contribution is 2.27. The van der Waals surface area contributed by atoms with Crippen LogP contribution in [0.25, 0.3) is 0 Å². The van der Waals surface area contributed by atoms with Crippen LogP contribution in [0.3, 0.4) is 0 Å². The van der Waals surface area contributed by atoms with E-state index in [1.807, 2.05) is 61.5 Å². The van der Waals surface area contributed by atoms with Crippen LogP contribution in [0, 0.1) is 0 Å². The van der Waals surface area contributed by atoms with E-state index in [0.717, 1.165) is 18.4 Å². The molecule has 0 saturated heterocycles. The molecule has 0 aliphatic carbocycles. The molecule has 1 unspecified atom stereocenters. The van der Waals surface area contributed by atoms with E-state index in [-0.39, 0.29) is 25.0 Å². The van der Waals surface area contributed by atoms with Gasteiger partial charge in [0.15, 0.2) is 6.61 Å². The van der Waals surface area contributed by atoms with Crippen LogP contribution in [0.5, 0.6) is 5.75 Å². The summed E-state index contributed by atoms with van der Waals surface area (Å²) in [7, 11) is 0. The van der Waals surface area contributed by atoms with Crippen molar-refractivity contribution in [2.75, 3.05) is 13.2 Å². The highest BCUT2D eigenvalue weighted by molar-refractivity contribution is 6.36. The maximum Gasteiger partial charge on any atom is 0.261 e. The quantitative estimate of drug-likeness (QED) is 0.310. The average molecular weight is 527 g/mol. The fourth-order valence-electron chi connectivity index (χ4n) is 3.82. The minimum atomic E-state index is -0.773. The Hall–Kier alpha value is -3.02. The second-order valence-electron chi connectivity index (χ2n) is 8.50. The number of amides is 2. The molecule has 1 N–H and O–H groups in total. The van der Waals surface area contributed by atoms with Crippen LogP contribution in [0.4, 0.5) is 0 Å². The summed E-state index contributed by atoms with van der Waals surface area (Å²) in [5.74, 6) is 0.0222. The molecule has 3 aromatic carbocycles. The highest BCUT2D eigenvalue weighted by Gasteiger charge is 2.31. The van der Waals surface area contributed by atoms with E-state index in [9.17, 15) is 9.59 Å². The van der Waals surface area contributed by atoms with Gasteiger partial charge in [-0.3, -0.25) is 9.59 Å². The Morgan fingerprint density at radius 1 is 0.889 bits per heavy atom. The van der Waals surface area contributed by atoms with Crippen molar-refractivity contribution < 1.29 is 14.3 Å². The molecule has 190 valence electrons. The number of ether oxygens (including phenoxy) is 1. The standard InChI is InChI=1S/C29H32Cl2N2O3/c1-3-17-32-29(35)27(18-22-9-6-5-7-10-22)33(19-24-25(30)11-8-12-26(24)31)28(34)20-36-23-15-13-21(4-2)14-16-23/h5-16,27H,3-4,17-20H2,1-2H3,(H,32,35). The molecule has 5 nitrogen and oxygen atoms in total. The van der Waals surface area contributed by atoms with Gasteiger partial charge in [-0.15, -0.1) is 0 Å². The number of halogens is 2. The lowest BCUT2D eigenvalue weighted by molar-refractivity contribution is -0.142. The van der Waals surface area contributed by atoms with Gasteiger partial charge in [-0.1, -0.05) is 85.6 Å². The Bertz CT molecular complexity index is 1120. The van der Waals surface area contributed by atoms with Crippen molar-refractivity contribution in [3.63, 3.8) is 0 Å². The first kappa shape index (κ1) is 27.6. The van der Waals surface area contributed by atoms with Gasteiger partial charge in [-0.2, -0.15) is 0 Å². The van der Waals surface area contributed by atoms with Gasteiger partial charge in [0.25, 0.3) is 5.91 Å². The summed E-state index contributed by atoms with van der Waals surface area (Å²) in [5.41, 5.74) is 2.70. The third-order valence-electron chi connectivity index (χ3n) is 5.90. The molecule has 0 bridgehead atoms. The topological polar surface area (TPSA) is 58.6 Å². The highest BCUT2D eigenvalue weighted by atomic mass is 35.5. The van der Waals surface area contributed by atoms with Gasteiger partial charge < -0.3 is 15.0 Å². The molecule has 1 atom stereocenters. The Kier molecular flexibility index (Phi) is 10.6. The van der Waals surface area contributed by atoms with Crippen molar-refractivity contribution in [1.82, 2.24) is 10.2 Å². The fourth-order valence-corrected chi connectivity index (χ4v) is 4.34. The van der Waals surface area contributed by atoms with Crippen LogP contribution in [0.15, 0.2) is 72.8 Å². The summed E-state index contributed by atoms with van der Waals surface area (Å²) in [5, 5.41) is 3.82. The molecule has 0 spiro atoms. The largest absolute Gasteiger partial charge is 0.484 e. The van der Waals surface area contributed by atoms with Gasteiger partial charge in [-0.25, -0.2) is 0 Å². The number of carbonyl (C=O) groups is 2. The first-order chi connectivity index (χ1) is 17.4. The lowest BCUT2D eigenvalue weighted by atomic mass is 10.0. The molecule has 3 rings (SSSR count). The summed E-state index contributed by atoms with van der Waals surface area (Å²) in [6.07, 6.45) is 2.04. The van der Waals surface area contributed by atoms with Gasteiger partial charge >= 0.3 is 0 Å². The zero-order valence-electron chi connectivity index (χ0n) is 20.7. The van der Waals surface area contributed by atoms with E-state index >= 15 is 0 Å². The molecule has 0 saturated carbocycles. The molecule has 7 heteroatoms. The lowest BCUT2D eigenvalue weighted by Gasteiger charge is -2.32. The van der Waals surface area contributed by atoms with Crippen molar-refractivity contribution in [3.8, 4) is 5.75 Å². The van der Waals surface area contributed by atoms with Gasteiger partial charge in [0.05, 0.1) is 0 Å². The van der Waals surface area contributed by atoms with E-state index in [1.165, 1.54) is 10.5 Å². The summed E-state index contributed by atoms with van der Waals surface area (Å²) in [6, 6.07) is 21.7. The van der Waals surface area contributed by atoms with Crippen LogP contribution < -0.4 is 10.1 Å². The maximum absolute atomic E-state index is 13.6. The smallest absolute Gasteiger partial charge is 0.261 e. The number of nitrogens with one attached hydrogen (secondary N) is 1. The van der Waals surface area contributed by atoms with Gasteiger partial charge in [-0.05, 0) is 48.2 Å². The summed E-state index contributed by atoms with van der Waals surface area (Å²) < 4.78 is 5.82. The molecule has 0 aliphatic rings. The van der Waals surface area contributed by atoms with Crippen LogP contribution in [0.1, 0.15) is 37.0 Å². The van der Waals surface area contributed by atoms with Gasteiger partial charge in [0.2, 0.25) is 5.91 Å². The SMILES string of the molecule is CCCNC(=O)C(Cc1ccccc1)N(Cc1c(Cl)cccc1Cl)C(=O)COc1ccc(CC)cc1. The predicted octanol–water partition coefficient (Wildman–Crippen LogP) is 6.10. The normalized spacial score (nSPS) is 11.6. The zero-order valence-corrected chi connectivity index (χ0v) is 22.2. The number of hydrogen-bond donors (Lipinski definition) is 1. The molecule has 3 aromatic rings. The molecule has 36 heavy (non-hydrogen) atoms. The third kappa shape index (κ3) is 7.74. The second-order valence-corrected chi connectivity index (χ2v) is 9.32. The monoisotopic (exact) mass is 526 g/mol. The average Bonchev–Trinajstić information content (AvgIpc) is 2.90. The Balaban J connectivity index is 1.92. The molecular weight excluding hydrogens is 495 g/mol. The zero-order chi connectivity index (χ0) is 25.9. The van der Waals surface area contributed by atoms with Crippen molar-refractivity contribution in [2.45, 2.75) is 45.7 Å². The first-order valence-corrected chi connectivity index (χ1v) is 12.9. The molecule has 0 radical (unpaired) electrons. The van der Waals surface area contributed by atoms with Gasteiger partial charge in [0, 0.05) is 35.1 Å². The van der Waals surface area contributed by atoms with Crippen molar-refractivity contribution >= 4 is 35.0 Å². The number of carbonyl (C=O) groups excluding carboxylic acids is 2. The predicted molar refractivity (Wildman–Crippen MR) is 146 cm³/mol. The molecule has 2 amide bonds. The van der Waals surface area contributed by atoms with Crippen molar-refractivity contribution in [2.24, 2.45) is 0 Å². The minimum Gasteiger partial charge on any atom is -0.484 e. The molecule has 0 aliphatic heterocycles. The van der Waals surface area contributed by atoms with E-state index in [1.54, 1.807) is 18.2 Å². The fraction of sp³-hybridized carbons (Fsp3) is 0.310. The van der Waals surface area contributed by atoms with E-state index in [4.69, 9.17) is 27.9 Å². The van der Waals surface area contributed by atoms with Crippen LogP contribution >= 0.6 is 23.2 Å². The number of rotatable bonds is 12. The Morgan fingerprint density at radius 3 is 2.17 bits per heavy atom. The third-order valence-corrected chi connectivity index (χ3v) is 6.61. The molecule has 0 heterocycles. The number of nitrogens with zero attached hydrogens (tertiary/aromatic N) is 1. The number of hydrogen-bond acceptors (Lipinski definition) is 3. The summed E-state index contributed by atoms with van der Waals surface area (Å²) in [6.45, 7) is 4.43. The summed E-state index contributed by atoms with van der Waals surface area (Å²) >= 11 is 12.9. The van der Waals surface area contributed by atoms with E-state index in [2.05, 4.69) is 12.2 Å². The Labute approximate surface area is 223 Å². The van der Waals surface area contributed by atoms with Gasteiger partial charge in [0.1, 0.15) is 11.8 Å². The maximum atomic E-state index is 13.6. The molecular formula is C29H32Cl2N2O3. The number of aryl methyl sites for hydroxylation is 1. The Morgan fingerprint density at radius 2 is 1.56 bits per heavy atom. The van der Waals surface area contributed by atoms with Crippen LogP contribution in [-0.4, -0.2) is 35.9 Å². The molecule has 0 aromatic heterocycles. The van der Waals surface area contributed by atoms with Crippen LogP contribution in [-0.2, 0) is 29.0 Å².